The van der Waals surface area contributed by atoms with E-state index in [0.29, 0.717) is 21.5 Å². The van der Waals surface area contributed by atoms with E-state index >= 15 is 0 Å². The van der Waals surface area contributed by atoms with Gasteiger partial charge in [0.25, 0.3) is 0 Å². The number of rotatable bonds is 3. The number of aromatic hydroxyl groups is 1. The molecule has 25 heavy (non-hydrogen) atoms. The van der Waals surface area contributed by atoms with Crippen molar-refractivity contribution in [1.29, 1.82) is 0 Å². The number of nitrogens with zero attached hydrogens (tertiary/aromatic N) is 5. The van der Waals surface area contributed by atoms with Gasteiger partial charge >= 0.3 is 0 Å². The lowest BCUT2D eigenvalue weighted by atomic mass is 10.2. The van der Waals surface area contributed by atoms with E-state index < -0.39 is 0 Å². The largest absolute Gasteiger partial charge is 0.506 e. The van der Waals surface area contributed by atoms with E-state index in [9.17, 15) is 5.11 Å². The van der Waals surface area contributed by atoms with Crippen LogP contribution in [0.3, 0.4) is 0 Å². The first-order valence-corrected chi connectivity index (χ1v) is 8.78. The fraction of sp³-hybridized carbons (Fsp3) is 0. The molecule has 2 N–H and O–H groups in total. The molecule has 0 spiro atoms. The van der Waals surface area contributed by atoms with Gasteiger partial charge in [-0.25, -0.2) is 0 Å². The van der Waals surface area contributed by atoms with E-state index in [1.165, 1.54) is 12.5 Å². The summed E-state index contributed by atoms with van der Waals surface area (Å²) in [6.07, 6.45) is 3.06. The average molecular weight is 462 g/mol. The molecular weight excluding hydrogens is 452 g/mol. The van der Waals surface area contributed by atoms with Gasteiger partial charge in [0.1, 0.15) is 12.1 Å². The third kappa shape index (κ3) is 2.96. The second kappa shape index (κ2) is 6.41. The van der Waals surface area contributed by atoms with Gasteiger partial charge < -0.3 is 5.11 Å². The Kier molecular flexibility index (Phi) is 4.10. The third-order valence-electron chi connectivity index (χ3n) is 3.59. The number of anilines is 1. The average Bonchev–Trinajstić information content (AvgIpc) is 3.07. The van der Waals surface area contributed by atoms with Crippen molar-refractivity contribution in [1.82, 2.24) is 19.8 Å². The van der Waals surface area contributed by atoms with Crippen molar-refractivity contribution in [3.05, 3.63) is 57.2 Å². The number of fused-ring (bicyclic) bond motifs is 3. The summed E-state index contributed by atoms with van der Waals surface area (Å²) < 4.78 is 3.00. The van der Waals surface area contributed by atoms with Gasteiger partial charge in [-0.3, -0.25) is 5.43 Å². The number of phenols is 1. The molecule has 9 heteroatoms. The van der Waals surface area contributed by atoms with Crippen molar-refractivity contribution >= 4 is 60.3 Å². The highest BCUT2D eigenvalue weighted by Crippen LogP contribution is 2.30. The van der Waals surface area contributed by atoms with Crippen LogP contribution in [-0.4, -0.2) is 31.1 Å². The molecule has 4 rings (SSSR count). The Balaban J connectivity index is 1.73. The number of hydrogen-bond donors (Lipinski definition) is 2. The molecule has 0 aliphatic rings. The maximum atomic E-state index is 10.1. The quantitative estimate of drug-likeness (QED) is 0.356. The summed E-state index contributed by atoms with van der Waals surface area (Å²) in [5.41, 5.74) is 4.16. The van der Waals surface area contributed by atoms with Crippen LogP contribution in [-0.2, 0) is 0 Å². The highest BCUT2D eigenvalue weighted by Gasteiger charge is 2.09. The second-order valence-corrected chi connectivity index (χ2v) is 6.96. The number of aromatic nitrogens is 4. The SMILES string of the molecule is Oc1c(Br)cc(Br)cc1/C=N/Nc1nn2cnnc2c2ccccc12. The maximum Gasteiger partial charge on any atom is 0.185 e. The van der Waals surface area contributed by atoms with Gasteiger partial charge in [-0.05, 0) is 28.1 Å². The van der Waals surface area contributed by atoms with Crippen LogP contribution >= 0.6 is 31.9 Å². The van der Waals surface area contributed by atoms with Crippen LogP contribution in [0.4, 0.5) is 5.82 Å². The van der Waals surface area contributed by atoms with E-state index in [1.807, 2.05) is 24.3 Å². The van der Waals surface area contributed by atoms with Crippen LogP contribution in [0, 0.1) is 0 Å². The minimum atomic E-state index is 0.112. The van der Waals surface area contributed by atoms with Crippen molar-refractivity contribution in [3.63, 3.8) is 0 Å². The lowest BCUT2D eigenvalue weighted by Crippen LogP contribution is -2.00. The zero-order valence-corrected chi connectivity index (χ0v) is 15.7. The van der Waals surface area contributed by atoms with Crippen LogP contribution in [0.15, 0.2) is 56.8 Å². The van der Waals surface area contributed by atoms with Crippen LogP contribution in [0.2, 0.25) is 0 Å². The van der Waals surface area contributed by atoms with Crippen molar-refractivity contribution in [2.45, 2.75) is 0 Å². The zero-order valence-electron chi connectivity index (χ0n) is 12.6. The summed E-state index contributed by atoms with van der Waals surface area (Å²) in [4.78, 5) is 0. The molecule has 0 bridgehead atoms. The molecule has 124 valence electrons. The first-order chi connectivity index (χ1) is 12.1. The highest BCUT2D eigenvalue weighted by molar-refractivity contribution is 9.11. The predicted molar refractivity (Wildman–Crippen MR) is 103 cm³/mol. The number of halogens is 2. The molecule has 0 atom stereocenters. The van der Waals surface area contributed by atoms with Crippen molar-refractivity contribution < 1.29 is 5.11 Å². The molecule has 0 fully saturated rings. The Morgan fingerprint density at radius 2 is 1.96 bits per heavy atom. The standard InChI is InChI=1S/C16H10Br2N6O/c17-10-5-9(14(25)13(18)6-10)7-19-21-15-11-3-1-2-4-12(11)16-22-20-8-24(16)23-15/h1-8,25H,(H,21,23)/b19-7+. The Hall–Kier alpha value is -2.52. The fourth-order valence-electron chi connectivity index (χ4n) is 2.46. The van der Waals surface area contributed by atoms with Crippen molar-refractivity contribution in [3.8, 4) is 5.75 Å². The maximum absolute atomic E-state index is 10.1. The lowest BCUT2D eigenvalue weighted by molar-refractivity contribution is 0.471. The minimum absolute atomic E-state index is 0.112. The molecule has 7 nitrogen and oxygen atoms in total. The Morgan fingerprint density at radius 1 is 1.16 bits per heavy atom. The highest BCUT2D eigenvalue weighted by atomic mass is 79.9. The van der Waals surface area contributed by atoms with Crippen molar-refractivity contribution in [2.24, 2.45) is 5.10 Å². The smallest absolute Gasteiger partial charge is 0.185 e. The summed E-state index contributed by atoms with van der Waals surface area (Å²) in [5.74, 6) is 0.675. The first kappa shape index (κ1) is 16.0. The normalized spacial score (nSPS) is 11.6. The summed E-state index contributed by atoms with van der Waals surface area (Å²) >= 11 is 6.68. The summed E-state index contributed by atoms with van der Waals surface area (Å²) in [6, 6.07) is 11.3. The van der Waals surface area contributed by atoms with Gasteiger partial charge in [0.05, 0.1) is 10.7 Å². The third-order valence-corrected chi connectivity index (χ3v) is 4.66. The van der Waals surface area contributed by atoms with Crippen LogP contribution in [0.5, 0.6) is 5.75 Å². The summed E-state index contributed by atoms with van der Waals surface area (Å²) in [7, 11) is 0. The minimum Gasteiger partial charge on any atom is -0.506 e. The van der Waals surface area contributed by atoms with Gasteiger partial charge in [-0.1, -0.05) is 40.2 Å². The number of nitrogens with one attached hydrogen (secondary N) is 1. The molecule has 4 aromatic rings. The number of phenolic OH excluding ortho intramolecular Hbond substituents is 1. The second-order valence-electron chi connectivity index (χ2n) is 5.19. The molecule has 0 saturated carbocycles. The number of hydrogen-bond acceptors (Lipinski definition) is 6. The summed E-state index contributed by atoms with van der Waals surface area (Å²) in [5, 5.41) is 28.5. The van der Waals surface area contributed by atoms with E-state index in [0.717, 1.165) is 15.2 Å². The van der Waals surface area contributed by atoms with E-state index in [2.05, 4.69) is 57.7 Å². The van der Waals surface area contributed by atoms with E-state index in [1.54, 1.807) is 16.6 Å². The number of benzene rings is 2. The topological polar surface area (TPSA) is 87.7 Å². The summed E-state index contributed by atoms with van der Waals surface area (Å²) in [6.45, 7) is 0. The van der Waals surface area contributed by atoms with Gasteiger partial charge in [0.15, 0.2) is 11.5 Å². The van der Waals surface area contributed by atoms with Gasteiger partial charge in [-0.15, -0.1) is 15.3 Å². The molecule has 0 saturated heterocycles. The molecule has 0 aliphatic carbocycles. The lowest BCUT2D eigenvalue weighted by Gasteiger charge is -2.06. The molecule has 2 aromatic heterocycles. The van der Waals surface area contributed by atoms with Crippen LogP contribution in [0.1, 0.15) is 5.56 Å². The number of hydrazone groups is 1. The Bertz CT molecular complexity index is 1120. The molecule has 2 heterocycles. The van der Waals surface area contributed by atoms with Gasteiger partial charge in [0.2, 0.25) is 0 Å². The molecule has 0 unspecified atom stereocenters. The molecule has 0 aliphatic heterocycles. The molecule has 0 radical (unpaired) electrons. The fourth-order valence-corrected chi connectivity index (χ4v) is 3.71. The van der Waals surface area contributed by atoms with Gasteiger partial charge in [-0.2, -0.15) is 9.62 Å². The van der Waals surface area contributed by atoms with E-state index in [-0.39, 0.29) is 5.75 Å². The first-order valence-electron chi connectivity index (χ1n) is 7.19. The Morgan fingerprint density at radius 3 is 2.80 bits per heavy atom. The molecule has 2 aromatic carbocycles. The molecule has 0 amide bonds. The van der Waals surface area contributed by atoms with E-state index in [4.69, 9.17) is 0 Å². The predicted octanol–water partition coefficient (Wildman–Crippen LogP) is 3.95. The Labute approximate surface area is 158 Å². The molecular formula is C16H10Br2N6O. The zero-order chi connectivity index (χ0) is 17.4. The van der Waals surface area contributed by atoms with Crippen molar-refractivity contribution in [2.75, 3.05) is 5.43 Å². The van der Waals surface area contributed by atoms with Crippen LogP contribution < -0.4 is 5.43 Å². The van der Waals surface area contributed by atoms with Crippen LogP contribution in [0.25, 0.3) is 16.4 Å². The van der Waals surface area contributed by atoms with Gasteiger partial charge in [0, 0.05) is 20.8 Å². The monoisotopic (exact) mass is 460 g/mol.